The van der Waals surface area contributed by atoms with Gasteiger partial charge in [-0.25, -0.2) is 4.79 Å². The van der Waals surface area contributed by atoms with Crippen LogP contribution in [0.3, 0.4) is 0 Å². The van der Waals surface area contributed by atoms with Crippen molar-refractivity contribution in [2.24, 2.45) is 0 Å². The second kappa shape index (κ2) is 8.49. The van der Waals surface area contributed by atoms with Gasteiger partial charge >= 0.3 is 5.97 Å². The van der Waals surface area contributed by atoms with Crippen molar-refractivity contribution >= 4 is 16.9 Å². The van der Waals surface area contributed by atoms with Gasteiger partial charge in [0.15, 0.2) is 0 Å². The van der Waals surface area contributed by atoms with Crippen LogP contribution in [0.25, 0.3) is 0 Å². The highest BCUT2D eigenvalue weighted by molar-refractivity contribution is 5.86. The molecule has 4 nitrogen and oxygen atoms in total. The summed E-state index contributed by atoms with van der Waals surface area (Å²) in [6, 6.07) is 0. The summed E-state index contributed by atoms with van der Waals surface area (Å²) in [6.45, 7) is 8.22. The molecule has 5 heteroatoms. The van der Waals surface area contributed by atoms with E-state index in [1.807, 2.05) is 0 Å². The van der Waals surface area contributed by atoms with Crippen molar-refractivity contribution in [3.63, 3.8) is 0 Å². The van der Waals surface area contributed by atoms with Gasteiger partial charge in [-0.1, -0.05) is 6.58 Å². The Morgan fingerprint density at radius 2 is 2.38 bits per heavy atom. The van der Waals surface area contributed by atoms with Crippen LogP contribution in [0.4, 0.5) is 0 Å². The van der Waals surface area contributed by atoms with Gasteiger partial charge in [-0.05, 0) is 30.7 Å². The molecule has 1 N–H and O–H groups in total. The predicted octanol–water partition coefficient (Wildman–Crippen LogP) is -0.577. The highest BCUT2D eigenvalue weighted by Crippen LogP contribution is 2.05. The Hall–Kier alpha value is -0.653. The summed E-state index contributed by atoms with van der Waals surface area (Å²) in [7, 11) is 0. The van der Waals surface area contributed by atoms with E-state index in [0.29, 0.717) is 12.2 Å². The first-order valence-corrected chi connectivity index (χ1v) is 5.35. The lowest BCUT2D eigenvalue weighted by atomic mass is 10.2. The molecule has 1 rings (SSSR count). The van der Waals surface area contributed by atoms with Gasteiger partial charge in [0.25, 0.3) is 0 Å². The quantitative estimate of drug-likeness (QED) is 0.305. The third-order valence-corrected chi connectivity index (χ3v) is 2.26. The zero-order chi connectivity index (χ0) is 11.1. The molecule has 94 valence electrons. The van der Waals surface area contributed by atoms with E-state index >= 15 is 0 Å². The Labute approximate surface area is 101 Å². The van der Waals surface area contributed by atoms with E-state index in [0.717, 1.165) is 32.5 Å². The summed E-state index contributed by atoms with van der Waals surface area (Å²) >= 11 is 0. The molecule has 0 aliphatic carbocycles. The Balaban J connectivity index is 0.00000225. The smallest absolute Gasteiger partial charge is 0.333 e. The second-order valence-electron chi connectivity index (χ2n) is 3.76. The number of carbonyl (C=O) groups is 1. The highest BCUT2D eigenvalue weighted by Gasteiger charge is 2.12. The van der Waals surface area contributed by atoms with Gasteiger partial charge in [0.1, 0.15) is 0 Å². The standard InChI is InChI=1S/C11H19NO3.H4Si/c1-9(2)11(13)15-6-3-4-10-8-12-5-7-14-10;/h10,12H,1,3-8H2,2H3;1H4. The Bertz CT molecular complexity index is 227. The first kappa shape index (κ1) is 15.3. The maximum Gasteiger partial charge on any atom is 0.333 e. The topological polar surface area (TPSA) is 47.6 Å². The minimum absolute atomic E-state index is 0. The van der Waals surface area contributed by atoms with Crippen molar-refractivity contribution in [2.75, 3.05) is 26.3 Å². The number of ether oxygens (including phenoxy) is 2. The number of esters is 1. The van der Waals surface area contributed by atoms with Gasteiger partial charge in [-0.3, -0.25) is 0 Å². The van der Waals surface area contributed by atoms with Crippen LogP contribution in [0.5, 0.6) is 0 Å². The number of rotatable bonds is 5. The van der Waals surface area contributed by atoms with Crippen LogP contribution in [0.15, 0.2) is 12.2 Å². The molecule has 0 aromatic rings. The molecule has 1 saturated heterocycles. The fourth-order valence-electron chi connectivity index (χ4n) is 1.40. The average molecular weight is 245 g/mol. The maximum absolute atomic E-state index is 11.0. The highest BCUT2D eigenvalue weighted by atomic mass is 28.1. The number of morpholine rings is 1. The third kappa shape index (κ3) is 6.04. The fourth-order valence-corrected chi connectivity index (χ4v) is 1.40. The molecular weight excluding hydrogens is 222 g/mol. The van der Waals surface area contributed by atoms with Crippen LogP contribution in [-0.4, -0.2) is 49.3 Å². The van der Waals surface area contributed by atoms with Crippen LogP contribution in [-0.2, 0) is 14.3 Å². The van der Waals surface area contributed by atoms with Crippen LogP contribution in [0.2, 0.25) is 0 Å². The van der Waals surface area contributed by atoms with E-state index in [4.69, 9.17) is 9.47 Å². The molecule has 0 amide bonds. The normalized spacial score (nSPS) is 19.7. The predicted molar refractivity (Wildman–Crippen MR) is 69.0 cm³/mol. The van der Waals surface area contributed by atoms with E-state index in [1.54, 1.807) is 6.92 Å². The number of nitrogens with one attached hydrogen (secondary N) is 1. The molecule has 0 spiro atoms. The van der Waals surface area contributed by atoms with Crippen molar-refractivity contribution in [3.8, 4) is 0 Å². The molecule has 16 heavy (non-hydrogen) atoms. The first-order chi connectivity index (χ1) is 7.20. The van der Waals surface area contributed by atoms with Crippen molar-refractivity contribution in [1.29, 1.82) is 0 Å². The van der Waals surface area contributed by atoms with Gasteiger partial charge in [-0.15, -0.1) is 0 Å². The van der Waals surface area contributed by atoms with Crippen LogP contribution >= 0.6 is 0 Å². The van der Waals surface area contributed by atoms with Gasteiger partial charge in [0.05, 0.1) is 19.3 Å². The van der Waals surface area contributed by atoms with Crippen LogP contribution < -0.4 is 5.32 Å². The third-order valence-electron chi connectivity index (χ3n) is 2.26. The van der Waals surface area contributed by atoms with Gasteiger partial charge in [-0.2, -0.15) is 0 Å². The van der Waals surface area contributed by atoms with Crippen molar-refractivity contribution < 1.29 is 14.3 Å². The molecule has 1 heterocycles. The summed E-state index contributed by atoms with van der Waals surface area (Å²) in [5.41, 5.74) is 0.450. The zero-order valence-electron chi connectivity index (χ0n) is 9.25. The number of hydrogen-bond donors (Lipinski definition) is 1. The average Bonchev–Trinajstić information content (AvgIpc) is 2.25. The Morgan fingerprint density at radius 3 is 2.94 bits per heavy atom. The Kier molecular flexibility index (Phi) is 8.15. The van der Waals surface area contributed by atoms with E-state index in [1.165, 1.54) is 0 Å². The molecule has 1 atom stereocenters. The summed E-state index contributed by atoms with van der Waals surface area (Å²) in [6.07, 6.45) is 2.03. The van der Waals surface area contributed by atoms with E-state index in [2.05, 4.69) is 11.9 Å². The summed E-state index contributed by atoms with van der Waals surface area (Å²) in [4.78, 5) is 11.0. The Morgan fingerprint density at radius 1 is 1.62 bits per heavy atom. The van der Waals surface area contributed by atoms with Gasteiger partial charge in [0, 0.05) is 18.7 Å². The molecule has 1 unspecified atom stereocenters. The lowest BCUT2D eigenvalue weighted by molar-refractivity contribution is -0.139. The number of carbonyl (C=O) groups excluding carboxylic acids is 1. The molecule has 1 fully saturated rings. The lowest BCUT2D eigenvalue weighted by Crippen LogP contribution is -2.38. The molecule has 0 radical (unpaired) electrons. The second-order valence-corrected chi connectivity index (χ2v) is 3.76. The largest absolute Gasteiger partial charge is 0.462 e. The van der Waals surface area contributed by atoms with Gasteiger partial charge < -0.3 is 14.8 Å². The van der Waals surface area contributed by atoms with E-state index < -0.39 is 0 Å². The summed E-state index contributed by atoms with van der Waals surface area (Å²) < 4.78 is 10.5. The minimum Gasteiger partial charge on any atom is -0.462 e. The molecule has 1 aliphatic rings. The minimum atomic E-state index is -0.308. The SMILES string of the molecule is C=C(C)C(=O)OCCCC1CNCCO1.[SiH4]. The maximum atomic E-state index is 11.0. The van der Waals surface area contributed by atoms with Crippen molar-refractivity contribution in [3.05, 3.63) is 12.2 Å². The van der Waals surface area contributed by atoms with E-state index in [9.17, 15) is 4.79 Å². The van der Waals surface area contributed by atoms with Crippen LogP contribution in [0.1, 0.15) is 19.8 Å². The van der Waals surface area contributed by atoms with E-state index in [-0.39, 0.29) is 23.0 Å². The first-order valence-electron chi connectivity index (χ1n) is 5.35. The number of hydrogen-bond acceptors (Lipinski definition) is 4. The van der Waals surface area contributed by atoms with Crippen LogP contribution in [0, 0.1) is 0 Å². The molecule has 0 saturated carbocycles. The fraction of sp³-hybridized carbons (Fsp3) is 0.727. The summed E-state index contributed by atoms with van der Waals surface area (Å²) in [5, 5.41) is 3.26. The zero-order valence-corrected chi connectivity index (χ0v) is 9.25. The summed E-state index contributed by atoms with van der Waals surface area (Å²) in [5.74, 6) is -0.308. The van der Waals surface area contributed by atoms with Crippen molar-refractivity contribution in [2.45, 2.75) is 25.9 Å². The van der Waals surface area contributed by atoms with Crippen molar-refractivity contribution in [1.82, 2.24) is 5.32 Å². The molecule has 1 aliphatic heterocycles. The lowest BCUT2D eigenvalue weighted by Gasteiger charge is -2.23. The molecular formula is C11H23NO3Si. The molecule has 0 aromatic carbocycles. The molecule has 0 aromatic heterocycles. The molecule has 0 bridgehead atoms. The monoisotopic (exact) mass is 245 g/mol. The van der Waals surface area contributed by atoms with Gasteiger partial charge in [0.2, 0.25) is 0 Å².